The molecule has 1 saturated heterocycles. The first-order valence-corrected chi connectivity index (χ1v) is 9.95. The quantitative estimate of drug-likeness (QED) is 0.684. The van der Waals surface area contributed by atoms with E-state index in [-0.39, 0.29) is 16.8 Å². The molecule has 0 amide bonds. The minimum Gasteiger partial charge on any atom is -0.394 e. The van der Waals surface area contributed by atoms with Crippen LogP contribution in [0.25, 0.3) is 0 Å². The molecule has 0 aromatic heterocycles. The first-order chi connectivity index (χ1) is 11.3. The van der Waals surface area contributed by atoms with Crippen LogP contribution in [0.1, 0.15) is 18.4 Å². The summed E-state index contributed by atoms with van der Waals surface area (Å²) in [6.07, 6.45) is 6.08. The van der Waals surface area contributed by atoms with Gasteiger partial charge in [0.15, 0.2) is 0 Å². The second kappa shape index (κ2) is 10.4. The van der Waals surface area contributed by atoms with Gasteiger partial charge in [0.2, 0.25) is 0 Å². The molecule has 1 atom stereocenters. The van der Waals surface area contributed by atoms with Gasteiger partial charge in [-0.05, 0) is 23.5 Å². The molecule has 23 heavy (non-hydrogen) atoms. The Morgan fingerprint density at radius 1 is 1.26 bits per heavy atom. The van der Waals surface area contributed by atoms with Crippen LogP contribution in [0, 0.1) is 0 Å². The summed E-state index contributed by atoms with van der Waals surface area (Å²) in [5.74, 6) is 2.22. The molecule has 1 aliphatic rings. The zero-order valence-electron chi connectivity index (χ0n) is 13.6. The number of rotatable bonds is 9. The number of thioether (sulfide) groups is 2. The molecule has 0 spiro atoms. The Bertz CT molecular complexity index is 459. The zero-order valence-corrected chi connectivity index (χ0v) is 15.3. The molecule has 1 N–H and O–H groups in total. The summed E-state index contributed by atoms with van der Waals surface area (Å²) in [5.41, 5.74) is 1.17. The van der Waals surface area contributed by atoms with E-state index in [0.29, 0.717) is 13.2 Å². The number of ether oxygens (including phenoxy) is 2. The molecule has 128 valence electrons. The number of aliphatic hydroxyl groups excluding tert-OH is 1. The predicted molar refractivity (Wildman–Crippen MR) is 100 cm³/mol. The lowest BCUT2D eigenvalue weighted by Crippen LogP contribution is -2.34. The van der Waals surface area contributed by atoms with Gasteiger partial charge in [-0.25, -0.2) is 0 Å². The largest absolute Gasteiger partial charge is 0.394 e. The molecule has 1 aromatic carbocycles. The van der Waals surface area contributed by atoms with Gasteiger partial charge in [-0.15, -0.1) is 23.5 Å². The Labute approximate surface area is 147 Å². The van der Waals surface area contributed by atoms with Crippen LogP contribution >= 0.6 is 23.5 Å². The first-order valence-electron chi connectivity index (χ1n) is 7.98. The normalized spacial score (nSPS) is 19.0. The van der Waals surface area contributed by atoms with Crippen LogP contribution in [-0.2, 0) is 16.1 Å². The third-order valence-electron chi connectivity index (χ3n) is 3.69. The van der Waals surface area contributed by atoms with E-state index in [4.69, 9.17) is 9.47 Å². The fraction of sp³-hybridized carbons (Fsp3) is 0.556. The van der Waals surface area contributed by atoms with Gasteiger partial charge in [0.1, 0.15) is 0 Å². The summed E-state index contributed by atoms with van der Waals surface area (Å²) >= 11 is 3.74. The lowest BCUT2D eigenvalue weighted by atomic mass is 10.1. The summed E-state index contributed by atoms with van der Waals surface area (Å²) in [6, 6.07) is 10.2. The van der Waals surface area contributed by atoms with E-state index in [0.717, 1.165) is 17.9 Å². The van der Waals surface area contributed by atoms with Gasteiger partial charge in [0.05, 0.1) is 30.0 Å². The molecule has 0 unspecified atom stereocenters. The minimum atomic E-state index is -0.142. The summed E-state index contributed by atoms with van der Waals surface area (Å²) in [5, 5.41) is 9.90. The van der Waals surface area contributed by atoms with Gasteiger partial charge in [0, 0.05) is 13.5 Å². The van der Waals surface area contributed by atoms with Gasteiger partial charge in [-0.3, -0.25) is 0 Å². The van der Waals surface area contributed by atoms with Crippen LogP contribution < -0.4 is 0 Å². The van der Waals surface area contributed by atoms with Gasteiger partial charge < -0.3 is 14.6 Å². The molecule has 2 rings (SSSR count). The third-order valence-corrected chi connectivity index (χ3v) is 7.03. The summed E-state index contributed by atoms with van der Waals surface area (Å²) < 4.78 is 11.1. The van der Waals surface area contributed by atoms with Gasteiger partial charge >= 0.3 is 0 Å². The van der Waals surface area contributed by atoms with E-state index in [1.165, 1.54) is 12.0 Å². The first kappa shape index (κ1) is 18.9. The van der Waals surface area contributed by atoms with Crippen LogP contribution in [0.15, 0.2) is 42.5 Å². The Balaban J connectivity index is 1.97. The summed E-state index contributed by atoms with van der Waals surface area (Å²) in [7, 11) is 1.69. The maximum absolute atomic E-state index is 9.90. The fourth-order valence-electron chi connectivity index (χ4n) is 2.46. The summed E-state index contributed by atoms with van der Waals surface area (Å²) in [6.45, 7) is 1.35. The molecule has 1 aliphatic heterocycles. The van der Waals surface area contributed by atoms with E-state index in [1.54, 1.807) is 7.11 Å². The lowest BCUT2D eigenvalue weighted by Gasteiger charge is -2.36. The van der Waals surface area contributed by atoms with Crippen molar-refractivity contribution in [1.82, 2.24) is 0 Å². The topological polar surface area (TPSA) is 38.7 Å². The second-order valence-corrected chi connectivity index (χ2v) is 8.76. The molecule has 1 heterocycles. The van der Waals surface area contributed by atoms with Crippen LogP contribution in [0.4, 0.5) is 0 Å². The molecule has 0 bridgehead atoms. The minimum absolute atomic E-state index is 0.0180. The van der Waals surface area contributed by atoms with E-state index < -0.39 is 0 Å². The maximum atomic E-state index is 9.90. The smallest absolute Gasteiger partial charge is 0.0868 e. The predicted octanol–water partition coefficient (Wildman–Crippen LogP) is 3.72. The Hall–Kier alpha value is -0.460. The van der Waals surface area contributed by atoms with Crippen molar-refractivity contribution in [1.29, 1.82) is 0 Å². The van der Waals surface area contributed by atoms with E-state index in [9.17, 15) is 5.11 Å². The van der Waals surface area contributed by atoms with Gasteiger partial charge in [-0.2, -0.15) is 0 Å². The number of methoxy groups -OCH3 is 1. The van der Waals surface area contributed by atoms with E-state index in [2.05, 4.69) is 18.2 Å². The average Bonchev–Trinajstić information content (AvgIpc) is 2.61. The van der Waals surface area contributed by atoms with Gasteiger partial charge in [-0.1, -0.05) is 42.5 Å². The molecule has 0 saturated carbocycles. The zero-order chi connectivity index (χ0) is 16.4. The van der Waals surface area contributed by atoms with E-state index >= 15 is 0 Å². The summed E-state index contributed by atoms with van der Waals surface area (Å²) in [4.78, 5) is 0. The highest BCUT2D eigenvalue weighted by molar-refractivity contribution is 8.18. The molecule has 3 nitrogen and oxygen atoms in total. The molecule has 1 fully saturated rings. The maximum Gasteiger partial charge on any atom is 0.0868 e. The van der Waals surface area contributed by atoms with E-state index in [1.807, 2.05) is 47.8 Å². The van der Waals surface area contributed by atoms with Crippen molar-refractivity contribution in [3.8, 4) is 0 Å². The Morgan fingerprint density at radius 3 is 2.65 bits per heavy atom. The van der Waals surface area contributed by atoms with Gasteiger partial charge in [0.25, 0.3) is 0 Å². The lowest BCUT2D eigenvalue weighted by molar-refractivity contribution is 0.0601. The highest BCUT2D eigenvalue weighted by Crippen LogP contribution is 2.45. The van der Waals surface area contributed by atoms with Crippen molar-refractivity contribution in [3.63, 3.8) is 0 Å². The molecule has 1 aromatic rings. The van der Waals surface area contributed by atoms with Crippen LogP contribution in [0.3, 0.4) is 0 Å². The van der Waals surface area contributed by atoms with Crippen molar-refractivity contribution in [2.45, 2.75) is 29.6 Å². The highest BCUT2D eigenvalue weighted by Gasteiger charge is 2.35. The molecule has 0 aliphatic carbocycles. The Morgan fingerprint density at radius 2 is 2.00 bits per heavy atom. The van der Waals surface area contributed by atoms with Crippen molar-refractivity contribution < 1.29 is 14.6 Å². The Kier molecular flexibility index (Phi) is 8.55. The average molecular weight is 355 g/mol. The fourth-order valence-corrected chi connectivity index (χ4v) is 5.54. The highest BCUT2D eigenvalue weighted by atomic mass is 32.2. The number of benzene rings is 1. The van der Waals surface area contributed by atoms with Crippen LogP contribution in [0.5, 0.6) is 0 Å². The van der Waals surface area contributed by atoms with Crippen LogP contribution in [0.2, 0.25) is 0 Å². The monoisotopic (exact) mass is 354 g/mol. The van der Waals surface area contributed by atoms with Crippen molar-refractivity contribution in [2.24, 2.45) is 0 Å². The second-order valence-electron chi connectivity index (χ2n) is 5.54. The van der Waals surface area contributed by atoms with Crippen LogP contribution in [-0.4, -0.2) is 47.1 Å². The molecule has 0 radical (unpaired) electrons. The standard InChI is InChI=1S/C18H26O3S2/c1-20-10-5-9-17(21-14-16-7-3-2-4-8-16)13-18(15-19)22-11-6-12-23-18/h2-5,7-9,17,19H,6,10-15H2,1H3/b9-5+/t17-/m1/s1. The van der Waals surface area contributed by atoms with Crippen molar-refractivity contribution in [2.75, 3.05) is 31.8 Å². The SMILES string of the molecule is COC/C=C/[C@H](CC1(CO)SCCCS1)OCc1ccccc1. The van der Waals surface area contributed by atoms with Crippen molar-refractivity contribution in [3.05, 3.63) is 48.0 Å². The number of hydrogen-bond acceptors (Lipinski definition) is 5. The molecular weight excluding hydrogens is 328 g/mol. The number of aliphatic hydroxyl groups is 1. The molecular formula is C18H26O3S2. The number of hydrogen-bond donors (Lipinski definition) is 1. The van der Waals surface area contributed by atoms with Crippen molar-refractivity contribution >= 4 is 23.5 Å². The molecule has 5 heteroatoms. The third kappa shape index (κ3) is 6.51.